The molecule has 0 radical (unpaired) electrons. The molecule has 76 valence electrons. The van der Waals surface area contributed by atoms with Crippen LogP contribution in [0.5, 0.6) is 0 Å². The zero-order chi connectivity index (χ0) is 10.3. The Morgan fingerprint density at radius 2 is 2.40 bits per heavy atom. The average Bonchev–Trinajstić information content (AvgIpc) is 2.76. The normalized spacial score (nSPS) is 18.5. The predicted molar refractivity (Wildman–Crippen MR) is 61.7 cm³/mol. The van der Waals surface area contributed by atoms with Crippen molar-refractivity contribution in [1.29, 1.82) is 0 Å². The van der Waals surface area contributed by atoms with Crippen molar-refractivity contribution in [2.75, 3.05) is 11.1 Å². The number of hydrogen-bond acceptors (Lipinski definition) is 3. The molecule has 1 aliphatic heterocycles. The number of anilines is 2. The van der Waals surface area contributed by atoms with E-state index in [1.165, 1.54) is 10.7 Å². The third kappa shape index (κ3) is 1.47. The second kappa shape index (κ2) is 3.24. The maximum atomic E-state index is 5.77. The summed E-state index contributed by atoms with van der Waals surface area (Å²) in [6.07, 6.45) is 2.11. The lowest BCUT2D eigenvalue weighted by Gasteiger charge is -2.05. The molecule has 1 aromatic carbocycles. The third-order valence-corrected chi connectivity index (χ3v) is 3.50. The Kier molecular flexibility index (Phi) is 1.89. The van der Waals surface area contributed by atoms with Gasteiger partial charge in [-0.15, -0.1) is 0 Å². The highest BCUT2D eigenvalue weighted by Gasteiger charge is 2.30. The van der Waals surface area contributed by atoms with Crippen molar-refractivity contribution in [3.8, 4) is 0 Å². The standard InChI is InChI=1S/C11H11N3S/c12-9-3-1-2-8(6-9)10-7-14-4-5-15-11(14)13-10/h1-6,10H,7,12H2/p+1/t10-/m1/s1. The number of nitrogen functional groups attached to an aromatic ring is 1. The van der Waals surface area contributed by atoms with Crippen molar-refractivity contribution >= 4 is 22.2 Å². The van der Waals surface area contributed by atoms with Crippen molar-refractivity contribution in [2.45, 2.75) is 12.6 Å². The van der Waals surface area contributed by atoms with Gasteiger partial charge >= 0.3 is 5.13 Å². The molecule has 1 atom stereocenters. The van der Waals surface area contributed by atoms with Crippen LogP contribution in [0.15, 0.2) is 35.8 Å². The molecule has 3 N–H and O–H groups in total. The maximum Gasteiger partial charge on any atom is 0.334 e. The van der Waals surface area contributed by atoms with Gasteiger partial charge in [-0.2, -0.15) is 0 Å². The van der Waals surface area contributed by atoms with Crippen LogP contribution in [0, 0.1) is 0 Å². The molecule has 2 aromatic rings. The zero-order valence-electron chi connectivity index (χ0n) is 8.18. The fourth-order valence-corrected chi connectivity index (χ4v) is 2.74. The molecular formula is C11H12N3S+. The molecule has 1 aromatic heterocycles. The van der Waals surface area contributed by atoms with E-state index in [0.717, 1.165) is 12.2 Å². The van der Waals surface area contributed by atoms with Crippen LogP contribution in [-0.2, 0) is 6.54 Å². The third-order valence-electron chi connectivity index (χ3n) is 2.67. The Labute approximate surface area is 92.2 Å². The van der Waals surface area contributed by atoms with Crippen molar-refractivity contribution in [3.05, 3.63) is 41.4 Å². The van der Waals surface area contributed by atoms with E-state index in [9.17, 15) is 0 Å². The fourth-order valence-electron chi connectivity index (χ4n) is 1.92. The quantitative estimate of drug-likeness (QED) is 0.566. The lowest BCUT2D eigenvalue weighted by atomic mass is 10.1. The molecule has 1 aliphatic rings. The van der Waals surface area contributed by atoms with Gasteiger partial charge in [-0.25, -0.2) is 4.57 Å². The molecule has 2 heterocycles. The van der Waals surface area contributed by atoms with E-state index >= 15 is 0 Å². The first kappa shape index (κ1) is 8.73. The largest absolute Gasteiger partial charge is 0.399 e. The van der Waals surface area contributed by atoms with Crippen molar-refractivity contribution in [3.63, 3.8) is 0 Å². The van der Waals surface area contributed by atoms with Crippen molar-refractivity contribution < 1.29 is 4.57 Å². The second-order valence-electron chi connectivity index (χ2n) is 3.73. The number of aromatic nitrogens is 1. The molecular weight excluding hydrogens is 206 g/mol. The van der Waals surface area contributed by atoms with Gasteiger partial charge in [0.1, 0.15) is 12.7 Å². The number of hydrogen-bond donors (Lipinski definition) is 2. The van der Waals surface area contributed by atoms with Gasteiger partial charge in [-0.05, 0) is 12.1 Å². The lowest BCUT2D eigenvalue weighted by molar-refractivity contribution is -0.670. The average molecular weight is 218 g/mol. The van der Waals surface area contributed by atoms with Gasteiger partial charge < -0.3 is 5.73 Å². The Bertz CT molecular complexity index is 472. The molecule has 4 heteroatoms. The molecule has 0 saturated heterocycles. The molecule has 0 spiro atoms. The smallest absolute Gasteiger partial charge is 0.334 e. The van der Waals surface area contributed by atoms with Gasteiger partial charge in [0.05, 0.1) is 0 Å². The Morgan fingerprint density at radius 3 is 3.20 bits per heavy atom. The first-order chi connectivity index (χ1) is 7.33. The van der Waals surface area contributed by atoms with Gasteiger partial charge in [0.25, 0.3) is 0 Å². The number of rotatable bonds is 1. The number of thiazole rings is 1. The molecule has 0 amide bonds. The van der Waals surface area contributed by atoms with Crippen LogP contribution < -0.4 is 15.6 Å². The summed E-state index contributed by atoms with van der Waals surface area (Å²) in [7, 11) is 0. The Hall–Kier alpha value is -1.55. The molecule has 0 fully saturated rings. The predicted octanol–water partition coefficient (Wildman–Crippen LogP) is 1.78. The summed E-state index contributed by atoms with van der Waals surface area (Å²) in [5.41, 5.74) is 7.86. The van der Waals surface area contributed by atoms with E-state index in [2.05, 4.69) is 27.5 Å². The van der Waals surface area contributed by atoms with E-state index in [1.54, 1.807) is 11.3 Å². The fraction of sp³-hybridized carbons (Fsp3) is 0.182. The Morgan fingerprint density at radius 1 is 1.47 bits per heavy atom. The van der Waals surface area contributed by atoms with Crippen LogP contribution in [-0.4, -0.2) is 0 Å². The van der Waals surface area contributed by atoms with Gasteiger partial charge in [0.2, 0.25) is 0 Å². The summed E-state index contributed by atoms with van der Waals surface area (Å²) < 4.78 is 2.23. The number of benzene rings is 1. The minimum absolute atomic E-state index is 0.362. The van der Waals surface area contributed by atoms with Gasteiger partial charge in [0, 0.05) is 16.6 Å². The van der Waals surface area contributed by atoms with Crippen LogP contribution in [0.25, 0.3) is 0 Å². The lowest BCUT2D eigenvalue weighted by Crippen LogP contribution is -2.28. The summed E-state index contributed by atoms with van der Waals surface area (Å²) in [4.78, 5) is 0. The SMILES string of the molecule is Nc1cccc([C@H]2C[n+]3ccsc3N2)c1. The minimum atomic E-state index is 0.362. The van der Waals surface area contributed by atoms with E-state index in [1.807, 2.05) is 18.2 Å². The highest BCUT2D eigenvalue weighted by atomic mass is 32.1. The summed E-state index contributed by atoms with van der Waals surface area (Å²) in [5.74, 6) is 0. The number of fused-ring (bicyclic) bond motifs is 1. The van der Waals surface area contributed by atoms with E-state index in [-0.39, 0.29) is 0 Å². The topological polar surface area (TPSA) is 41.9 Å². The van der Waals surface area contributed by atoms with Crippen LogP contribution >= 0.6 is 11.3 Å². The summed E-state index contributed by atoms with van der Waals surface area (Å²) in [6.45, 7) is 0.988. The molecule has 3 nitrogen and oxygen atoms in total. The first-order valence-corrected chi connectivity index (χ1v) is 5.80. The van der Waals surface area contributed by atoms with Gasteiger partial charge in [-0.3, -0.25) is 5.32 Å². The minimum Gasteiger partial charge on any atom is -0.399 e. The first-order valence-electron chi connectivity index (χ1n) is 4.92. The van der Waals surface area contributed by atoms with Gasteiger partial charge in [0.15, 0.2) is 6.04 Å². The van der Waals surface area contributed by atoms with E-state index in [0.29, 0.717) is 6.04 Å². The second-order valence-corrected chi connectivity index (χ2v) is 4.62. The molecule has 0 aliphatic carbocycles. The summed E-state index contributed by atoms with van der Waals surface area (Å²) >= 11 is 1.74. The van der Waals surface area contributed by atoms with Gasteiger partial charge in [-0.1, -0.05) is 23.5 Å². The highest BCUT2D eigenvalue weighted by molar-refractivity contribution is 7.13. The van der Waals surface area contributed by atoms with E-state index < -0.39 is 0 Å². The zero-order valence-corrected chi connectivity index (χ0v) is 9.00. The van der Waals surface area contributed by atoms with Crippen LogP contribution in [0.2, 0.25) is 0 Å². The van der Waals surface area contributed by atoms with Crippen molar-refractivity contribution in [2.24, 2.45) is 0 Å². The van der Waals surface area contributed by atoms with Crippen LogP contribution in [0.4, 0.5) is 10.8 Å². The Balaban J connectivity index is 1.90. The summed E-state index contributed by atoms with van der Waals surface area (Å²) in [6, 6.07) is 8.44. The number of nitrogens with one attached hydrogen (secondary N) is 1. The van der Waals surface area contributed by atoms with Crippen molar-refractivity contribution in [1.82, 2.24) is 0 Å². The molecule has 0 saturated carbocycles. The summed E-state index contributed by atoms with van der Waals surface area (Å²) in [5, 5.41) is 6.80. The maximum absolute atomic E-state index is 5.77. The number of nitrogens with zero attached hydrogens (tertiary/aromatic N) is 1. The molecule has 0 unspecified atom stereocenters. The highest BCUT2D eigenvalue weighted by Crippen LogP contribution is 2.27. The monoisotopic (exact) mass is 218 g/mol. The number of nitrogens with two attached hydrogens (primary N) is 1. The van der Waals surface area contributed by atoms with Crippen LogP contribution in [0.1, 0.15) is 11.6 Å². The molecule has 0 bridgehead atoms. The van der Waals surface area contributed by atoms with Crippen LogP contribution in [0.3, 0.4) is 0 Å². The molecule has 15 heavy (non-hydrogen) atoms. The van der Waals surface area contributed by atoms with E-state index in [4.69, 9.17) is 5.73 Å². The molecule has 3 rings (SSSR count).